The van der Waals surface area contributed by atoms with Crippen LogP contribution in [0.15, 0.2) is 18.2 Å². The molecular weight excluding hydrogens is 406 g/mol. The van der Waals surface area contributed by atoms with Gasteiger partial charge < -0.3 is 16.0 Å². The zero-order valence-electron chi connectivity index (χ0n) is 16.9. The number of nitrogens with zero attached hydrogens (tertiary/aromatic N) is 1. The van der Waals surface area contributed by atoms with Gasteiger partial charge >= 0.3 is 0 Å². The molecule has 31 heavy (non-hydrogen) atoms. The lowest BCUT2D eigenvalue weighted by Crippen LogP contribution is -2.54. The number of nitrogens with one attached hydrogen (secondary N) is 4. The number of amides is 6. The van der Waals surface area contributed by atoms with Crippen molar-refractivity contribution in [3.63, 3.8) is 0 Å². The number of carbonyl (C=O) groups excluding carboxylic acids is 6. The van der Waals surface area contributed by atoms with Gasteiger partial charge in [-0.25, -0.2) is 0 Å². The Morgan fingerprint density at radius 3 is 2.55 bits per heavy atom. The molecule has 0 aromatic heterocycles. The summed E-state index contributed by atoms with van der Waals surface area (Å²) in [5.74, 6) is -2.69. The Morgan fingerprint density at radius 1 is 1.10 bits per heavy atom. The van der Waals surface area contributed by atoms with Crippen LogP contribution in [0.25, 0.3) is 0 Å². The normalized spacial score (nSPS) is 17.8. The molecule has 2 heterocycles. The van der Waals surface area contributed by atoms with Gasteiger partial charge in [0.05, 0.1) is 17.7 Å². The molecule has 0 saturated carbocycles. The van der Waals surface area contributed by atoms with Crippen LogP contribution in [0.4, 0.5) is 5.69 Å². The molecule has 1 saturated heterocycles. The molecule has 2 aliphatic rings. The second-order valence-electron chi connectivity index (χ2n) is 7.19. The number of imide groups is 2. The van der Waals surface area contributed by atoms with E-state index in [0.29, 0.717) is 25.1 Å². The van der Waals surface area contributed by atoms with Crippen molar-refractivity contribution in [2.45, 2.75) is 31.7 Å². The van der Waals surface area contributed by atoms with Crippen LogP contribution in [-0.2, 0) is 19.2 Å². The zero-order valence-corrected chi connectivity index (χ0v) is 16.9. The molecule has 0 bridgehead atoms. The van der Waals surface area contributed by atoms with E-state index in [1.807, 2.05) is 0 Å². The highest BCUT2D eigenvalue weighted by Gasteiger charge is 2.44. The Balaban J connectivity index is 1.58. The van der Waals surface area contributed by atoms with E-state index in [0.717, 1.165) is 4.90 Å². The molecule has 1 unspecified atom stereocenters. The van der Waals surface area contributed by atoms with Crippen LogP contribution in [0.5, 0.6) is 0 Å². The number of benzene rings is 1. The predicted octanol–water partition coefficient (Wildman–Crippen LogP) is -0.858. The average molecular weight is 429 g/mol. The van der Waals surface area contributed by atoms with E-state index in [1.165, 1.54) is 12.1 Å². The predicted molar refractivity (Wildman–Crippen MR) is 108 cm³/mol. The third kappa shape index (κ3) is 4.87. The van der Waals surface area contributed by atoms with Crippen LogP contribution in [0.3, 0.4) is 0 Å². The highest BCUT2D eigenvalue weighted by Crippen LogP contribution is 2.29. The molecule has 1 fully saturated rings. The molecule has 6 amide bonds. The minimum absolute atomic E-state index is 0.0504. The summed E-state index contributed by atoms with van der Waals surface area (Å²) in [6, 6.07) is 3.46. The van der Waals surface area contributed by atoms with Gasteiger partial charge in [-0.05, 0) is 31.0 Å². The molecule has 11 heteroatoms. The summed E-state index contributed by atoms with van der Waals surface area (Å²) >= 11 is 0. The average Bonchev–Trinajstić information content (AvgIpc) is 2.99. The number of hydrogen-bond acceptors (Lipinski definition) is 7. The molecule has 0 radical (unpaired) electrons. The first kappa shape index (κ1) is 21.9. The summed E-state index contributed by atoms with van der Waals surface area (Å²) in [5.41, 5.74) is 0.759. The number of anilines is 1. The van der Waals surface area contributed by atoms with Gasteiger partial charge in [0.25, 0.3) is 11.8 Å². The highest BCUT2D eigenvalue weighted by atomic mass is 16.2. The smallest absolute Gasteiger partial charge is 0.262 e. The van der Waals surface area contributed by atoms with Crippen LogP contribution in [0, 0.1) is 0 Å². The minimum atomic E-state index is -1.03. The number of hydrogen-bond donors (Lipinski definition) is 4. The molecular formula is C20H23N5O6. The molecule has 1 aromatic rings. The highest BCUT2D eigenvalue weighted by molar-refractivity contribution is 6.23. The monoisotopic (exact) mass is 429 g/mol. The first-order valence-electron chi connectivity index (χ1n) is 9.88. The van der Waals surface area contributed by atoms with Crippen LogP contribution < -0.4 is 21.3 Å². The fraction of sp³-hybridized carbons (Fsp3) is 0.400. The lowest BCUT2D eigenvalue weighted by Gasteiger charge is -2.27. The molecule has 4 N–H and O–H groups in total. The maximum Gasteiger partial charge on any atom is 0.262 e. The van der Waals surface area contributed by atoms with Gasteiger partial charge in [0.15, 0.2) is 0 Å². The SMILES string of the molecule is CNC(=O)CCCNC(=O)CNc1ccc2c(c1)C(=O)N(C1CCC(=O)NC1=O)C2=O. The minimum Gasteiger partial charge on any atom is -0.376 e. The second-order valence-corrected chi connectivity index (χ2v) is 7.19. The molecule has 3 rings (SSSR count). The van der Waals surface area contributed by atoms with Gasteiger partial charge in [0.2, 0.25) is 23.6 Å². The van der Waals surface area contributed by atoms with Crippen molar-refractivity contribution < 1.29 is 28.8 Å². The Bertz CT molecular complexity index is 959. The molecule has 1 atom stereocenters. The maximum absolute atomic E-state index is 12.8. The van der Waals surface area contributed by atoms with Gasteiger partial charge in [0, 0.05) is 32.1 Å². The Hall–Kier alpha value is -3.76. The fourth-order valence-electron chi connectivity index (χ4n) is 3.43. The second kappa shape index (κ2) is 9.37. The van der Waals surface area contributed by atoms with E-state index < -0.39 is 29.7 Å². The lowest BCUT2D eigenvalue weighted by atomic mass is 10.0. The first-order chi connectivity index (χ1) is 14.8. The number of fused-ring (bicyclic) bond motifs is 1. The Kier molecular flexibility index (Phi) is 6.63. The van der Waals surface area contributed by atoms with E-state index in [-0.39, 0.29) is 42.3 Å². The summed E-state index contributed by atoms with van der Waals surface area (Å²) in [6.07, 6.45) is 0.960. The van der Waals surface area contributed by atoms with Crippen molar-refractivity contribution in [1.82, 2.24) is 20.9 Å². The van der Waals surface area contributed by atoms with Crippen molar-refractivity contribution in [3.8, 4) is 0 Å². The third-order valence-corrected chi connectivity index (χ3v) is 5.07. The largest absolute Gasteiger partial charge is 0.376 e. The Morgan fingerprint density at radius 2 is 1.84 bits per heavy atom. The van der Waals surface area contributed by atoms with E-state index in [9.17, 15) is 28.8 Å². The standard InChI is InChI=1S/C20H23N5O6/c1-21-15(26)3-2-8-22-17(28)10-23-11-4-5-12-13(9-11)20(31)25(19(12)30)14-6-7-16(27)24-18(14)29/h4-5,9,14,23H,2-3,6-8,10H2,1H3,(H,21,26)(H,22,28)(H,24,27,29). The van der Waals surface area contributed by atoms with Crippen molar-refractivity contribution in [2.24, 2.45) is 0 Å². The van der Waals surface area contributed by atoms with Crippen molar-refractivity contribution in [2.75, 3.05) is 25.5 Å². The first-order valence-corrected chi connectivity index (χ1v) is 9.88. The summed E-state index contributed by atoms with van der Waals surface area (Å²) in [4.78, 5) is 72.8. The van der Waals surface area contributed by atoms with Gasteiger partial charge in [-0.1, -0.05) is 0 Å². The van der Waals surface area contributed by atoms with E-state index in [4.69, 9.17) is 0 Å². The van der Waals surface area contributed by atoms with Crippen molar-refractivity contribution in [3.05, 3.63) is 29.3 Å². The quantitative estimate of drug-likeness (QED) is 0.310. The van der Waals surface area contributed by atoms with Crippen molar-refractivity contribution in [1.29, 1.82) is 0 Å². The molecule has 1 aromatic carbocycles. The topological polar surface area (TPSA) is 154 Å². The van der Waals surface area contributed by atoms with Gasteiger partial charge in [-0.15, -0.1) is 0 Å². The maximum atomic E-state index is 12.8. The number of piperidine rings is 1. The van der Waals surface area contributed by atoms with Crippen LogP contribution >= 0.6 is 0 Å². The molecule has 164 valence electrons. The van der Waals surface area contributed by atoms with Crippen LogP contribution in [-0.4, -0.2) is 66.5 Å². The fourth-order valence-corrected chi connectivity index (χ4v) is 3.43. The third-order valence-electron chi connectivity index (χ3n) is 5.07. The molecule has 0 aliphatic carbocycles. The van der Waals surface area contributed by atoms with Crippen LogP contribution in [0.2, 0.25) is 0 Å². The number of rotatable bonds is 8. The summed E-state index contributed by atoms with van der Waals surface area (Å²) < 4.78 is 0. The summed E-state index contributed by atoms with van der Waals surface area (Å²) in [5, 5.41) is 10.2. The summed E-state index contributed by atoms with van der Waals surface area (Å²) in [7, 11) is 1.55. The van der Waals surface area contributed by atoms with Crippen LogP contribution in [0.1, 0.15) is 46.4 Å². The van der Waals surface area contributed by atoms with Crippen molar-refractivity contribution >= 4 is 41.1 Å². The summed E-state index contributed by atoms with van der Waals surface area (Å²) in [6.45, 7) is 0.295. The van der Waals surface area contributed by atoms with E-state index in [2.05, 4.69) is 21.3 Å². The molecule has 11 nitrogen and oxygen atoms in total. The molecule has 0 spiro atoms. The van der Waals surface area contributed by atoms with Gasteiger partial charge in [0.1, 0.15) is 6.04 Å². The van der Waals surface area contributed by atoms with E-state index in [1.54, 1.807) is 13.1 Å². The lowest BCUT2D eigenvalue weighted by molar-refractivity contribution is -0.136. The van der Waals surface area contributed by atoms with Gasteiger partial charge in [-0.2, -0.15) is 0 Å². The van der Waals surface area contributed by atoms with Gasteiger partial charge in [-0.3, -0.25) is 39.0 Å². The molecule has 2 aliphatic heterocycles. The zero-order chi connectivity index (χ0) is 22.5. The number of carbonyl (C=O) groups is 6. The Labute approximate surface area is 177 Å². The van der Waals surface area contributed by atoms with E-state index >= 15 is 0 Å².